The summed E-state index contributed by atoms with van der Waals surface area (Å²) in [6.07, 6.45) is 0.396. The third-order valence-corrected chi connectivity index (χ3v) is 3.64. The summed E-state index contributed by atoms with van der Waals surface area (Å²) in [5.74, 6) is 0.802. The molecule has 1 aromatic carbocycles. The second-order valence-electron chi connectivity index (χ2n) is 4.27. The Balaban J connectivity index is 1.78. The first-order valence-electron chi connectivity index (χ1n) is 5.72. The number of amides is 1. The first kappa shape index (κ1) is 12.6. The second-order valence-corrected chi connectivity index (χ2v) is 5.46. The van der Waals surface area contributed by atoms with E-state index in [0.717, 1.165) is 22.7 Å². The number of hydrogen-bond acceptors (Lipinski definition) is 3. The topological polar surface area (TPSA) is 54.3 Å². The van der Waals surface area contributed by atoms with Crippen molar-refractivity contribution in [1.82, 2.24) is 0 Å². The Hall–Kier alpha value is -1.46. The van der Waals surface area contributed by atoms with Crippen LogP contribution in [0.1, 0.15) is 11.3 Å². The van der Waals surface area contributed by atoms with Gasteiger partial charge < -0.3 is 15.1 Å². The van der Waals surface area contributed by atoms with Crippen LogP contribution in [-0.4, -0.2) is 5.91 Å². The molecule has 1 aliphatic heterocycles. The summed E-state index contributed by atoms with van der Waals surface area (Å²) in [6.45, 7) is 0.533. The second kappa shape index (κ2) is 4.90. The van der Waals surface area contributed by atoms with E-state index in [1.54, 1.807) is 6.07 Å². The van der Waals surface area contributed by atoms with Gasteiger partial charge in [-0.1, -0.05) is 11.6 Å². The maximum absolute atomic E-state index is 11.3. The van der Waals surface area contributed by atoms with E-state index in [1.165, 1.54) is 0 Å². The average Bonchev–Trinajstić information content (AvgIpc) is 2.91. The van der Waals surface area contributed by atoms with Gasteiger partial charge in [-0.2, -0.15) is 0 Å². The van der Waals surface area contributed by atoms with E-state index in [1.807, 2.05) is 18.2 Å². The molecular weight excluding hydrogens is 332 g/mol. The minimum absolute atomic E-state index is 0.00168. The van der Waals surface area contributed by atoms with Crippen molar-refractivity contribution in [2.24, 2.45) is 0 Å². The molecule has 1 amide bonds. The Kier molecular flexibility index (Phi) is 3.24. The van der Waals surface area contributed by atoms with Crippen molar-refractivity contribution >= 4 is 44.8 Å². The van der Waals surface area contributed by atoms with Crippen LogP contribution in [0, 0.1) is 0 Å². The Morgan fingerprint density at radius 3 is 3.00 bits per heavy atom. The van der Waals surface area contributed by atoms with Crippen LogP contribution in [-0.2, 0) is 17.8 Å². The zero-order chi connectivity index (χ0) is 13.4. The van der Waals surface area contributed by atoms with Gasteiger partial charge in [-0.15, -0.1) is 0 Å². The normalized spacial score (nSPS) is 13.3. The standard InChI is InChI=1S/C13H10BrClN2O2/c14-12-2-1-8(19-12)6-16-11-3-7-4-13(18)17-10(7)5-9(11)15/h1-3,5,16H,4,6H2,(H,17,18). The fourth-order valence-corrected chi connectivity index (χ4v) is 2.58. The SMILES string of the molecule is O=C1Cc2cc(NCc3ccc(Br)o3)c(Cl)cc2N1. The molecule has 0 unspecified atom stereocenters. The van der Waals surface area contributed by atoms with Crippen molar-refractivity contribution in [3.63, 3.8) is 0 Å². The largest absolute Gasteiger partial charge is 0.452 e. The van der Waals surface area contributed by atoms with Gasteiger partial charge in [0.25, 0.3) is 0 Å². The molecule has 2 aromatic rings. The molecule has 2 N–H and O–H groups in total. The minimum Gasteiger partial charge on any atom is -0.452 e. The molecule has 4 nitrogen and oxygen atoms in total. The van der Waals surface area contributed by atoms with Crippen LogP contribution in [0.25, 0.3) is 0 Å². The zero-order valence-electron chi connectivity index (χ0n) is 9.80. The highest BCUT2D eigenvalue weighted by molar-refractivity contribution is 9.10. The molecule has 3 rings (SSSR count). The van der Waals surface area contributed by atoms with E-state index >= 15 is 0 Å². The molecule has 0 aliphatic carbocycles. The van der Waals surface area contributed by atoms with Gasteiger partial charge in [-0.3, -0.25) is 4.79 Å². The van der Waals surface area contributed by atoms with Crippen molar-refractivity contribution in [3.8, 4) is 0 Å². The van der Waals surface area contributed by atoms with Crippen LogP contribution >= 0.6 is 27.5 Å². The van der Waals surface area contributed by atoms with Gasteiger partial charge in [0.15, 0.2) is 4.67 Å². The van der Waals surface area contributed by atoms with Crippen LogP contribution in [0.2, 0.25) is 5.02 Å². The van der Waals surface area contributed by atoms with Gasteiger partial charge in [0.05, 0.1) is 23.7 Å². The van der Waals surface area contributed by atoms with Crippen LogP contribution in [0.4, 0.5) is 11.4 Å². The molecule has 0 radical (unpaired) electrons. The van der Waals surface area contributed by atoms with Gasteiger partial charge in [0.1, 0.15) is 5.76 Å². The smallest absolute Gasteiger partial charge is 0.228 e. The fraction of sp³-hybridized carbons (Fsp3) is 0.154. The van der Waals surface area contributed by atoms with Gasteiger partial charge in [-0.05, 0) is 45.8 Å². The predicted octanol–water partition coefficient (Wildman–Crippen LogP) is 3.80. The molecule has 0 fully saturated rings. The van der Waals surface area contributed by atoms with Crippen molar-refractivity contribution in [1.29, 1.82) is 0 Å². The lowest BCUT2D eigenvalue weighted by molar-refractivity contribution is -0.115. The summed E-state index contributed by atoms with van der Waals surface area (Å²) in [6, 6.07) is 7.38. The lowest BCUT2D eigenvalue weighted by Crippen LogP contribution is -2.03. The third kappa shape index (κ3) is 2.62. The third-order valence-electron chi connectivity index (χ3n) is 2.90. The highest BCUT2D eigenvalue weighted by Gasteiger charge is 2.19. The van der Waals surface area contributed by atoms with E-state index in [2.05, 4.69) is 26.6 Å². The summed E-state index contributed by atoms with van der Waals surface area (Å²) >= 11 is 9.43. The number of halogens is 2. The van der Waals surface area contributed by atoms with Gasteiger partial charge in [0.2, 0.25) is 5.91 Å². The monoisotopic (exact) mass is 340 g/mol. The molecule has 0 saturated carbocycles. The number of carbonyl (C=O) groups excluding carboxylic acids is 1. The molecule has 0 spiro atoms. The lowest BCUT2D eigenvalue weighted by atomic mass is 10.1. The molecule has 0 bridgehead atoms. The van der Waals surface area contributed by atoms with E-state index in [4.69, 9.17) is 16.0 Å². The van der Waals surface area contributed by atoms with Crippen molar-refractivity contribution in [3.05, 3.63) is 45.3 Å². The quantitative estimate of drug-likeness (QED) is 0.893. The summed E-state index contributed by atoms with van der Waals surface area (Å²) in [5, 5.41) is 6.54. The van der Waals surface area contributed by atoms with Gasteiger partial charge in [-0.25, -0.2) is 0 Å². The van der Waals surface area contributed by atoms with Gasteiger partial charge >= 0.3 is 0 Å². The van der Waals surface area contributed by atoms with Gasteiger partial charge in [0, 0.05) is 5.69 Å². The Labute approximate surface area is 123 Å². The van der Waals surface area contributed by atoms with Crippen molar-refractivity contribution in [2.45, 2.75) is 13.0 Å². The maximum atomic E-state index is 11.3. The number of nitrogens with one attached hydrogen (secondary N) is 2. The lowest BCUT2D eigenvalue weighted by Gasteiger charge is -2.09. The highest BCUT2D eigenvalue weighted by Crippen LogP contribution is 2.33. The Morgan fingerprint density at radius 2 is 2.26 bits per heavy atom. The number of rotatable bonds is 3. The van der Waals surface area contributed by atoms with Crippen molar-refractivity contribution < 1.29 is 9.21 Å². The van der Waals surface area contributed by atoms with E-state index in [-0.39, 0.29) is 5.91 Å². The Bertz CT molecular complexity index is 654. The van der Waals surface area contributed by atoms with E-state index in [0.29, 0.717) is 22.7 Å². The molecule has 0 saturated heterocycles. The molecule has 19 heavy (non-hydrogen) atoms. The molecule has 1 aliphatic rings. The molecular formula is C13H10BrClN2O2. The number of furan rings is 1. The van der Waals surface area contributed by atoms with Crippen LogP contribution in [0.3, 0.4) is 0 Å². The molecule has 98 valence electrons. The number of benzene rings is 1. The van der Waals surface area contributed by atoms with E-state index < -0.39 is 0 Å². The predicted molar refractivity (Wildman–Crippen MR) is 77.5 cm³/mol. The molecule has 6 heteroatoms. The number of fused-ring (bicyclic) bond motifs is 1. The minimum atomic E-state index is -0.00168. The van der Waals surface area contributed by atoms with Crippen LogP contribution < -0.4 is 10.6 Å². The fourth-order valence-electron chi connectivity index (χ4n) is 2.01. The molecule has 1 aromatic heterocycles. The van der Waals surface area contributed by atoms with E-state index in [9.17, 15) is 4.79 Å². The molecule has 2 heterocycles. The highest BCUT2D eigenvalue weighted by atomic mass is 79.9. The summed E-state index contributed by atoms with van der Waals surface area (Å²) in [7, 11) is 0. The number of carbonyl (C=O) groups is 1. The Morgan fingerprint density at radius 1 is 1.42 bits per heavy atom. The summed E-state index contributed by atoms with van der Waals surface area (Å²) < 4.78 is 6.09. The summed E-state index contributed by atoms with van der Waals surface area (Å²) in [5.41, 5.74) is 2.54. The maximum Gasteiger partial charge on any atom is 0.228 e. The average molecular weight is 342 g/mol. The first-order valence-corrected chi connectivity index (χ1v) is 6.89. The zero-order valence-corrected chi connectivity index (χ0v) is 12.1. The van der Waals surface area contributed by atoms with Crippen LogP contribution in [0.5, 0.6) is 0 Å². The first-order chi connectivity index (χ1) is 9.11. The summed E-state index contributed by atoms with van der Waals surface area (Å²) in [4.78, 5) is 11.3. The van der Waals surface area contributed by atoms with Crippen LogP contribution in [0.15, 0.2) is 33.4 Å². The number of anilines is 2. The van der Waals surface area contributed by atoms with Crippen molar-refractivity contribution in [2.75, 3.05) is 10.6 Å². The number of hydrogen-bond donors (Lipinski definition) is 2. The molecule has 0 atom stereocenters.